The van der Waals surface area contributed by atoms with Crippen LogP contribution in [0, 0.1) is 20.8 Å². The Labute approximate surface area is 76.8 Å². The molecule has 0 amide bonds. The molecule has 0 aliphatic heterocycles. The molecular weight excluding hydrogens is 148 g/mol. The lowest BCUT2D eigenvalue weighted by Gasteiger charge is -1.80. The van der Waals surface area contributed by atoms with Gasteiger partial charge in [-0.25, -0.2) is 0 Å². The third-order valence-corrected chi connectivity index (χ3v) is 1.29. The Kier molecular flexibility index (Phi) is 9.66. The van der Waals surface area contributed by atoms with Crippen molar-refractivity contribution in [2.24, 2.45) is 0 Å². The molecule has 0 N–H and O–H groups in total. The van der Waals surface area contributed by atoms with Gasteiger partial charge in [0.15, 0.2) is 0 Å². The zero-order valence-corrected chi connectivity index (χ0v) is 9.49. The summed E-state index contributed by atoms with van der Waals surface area (Å²) >= 11 is 0. The van der Waals surface area contributed by atoms with Crippen molar-refractivity contribution in [2.75, 3.05) is 0 Å². The van der Waals surface area contributed by atoms with Crippen molar-refractivity contribution in [3.63, 3.8) is 0 Å². The molecular formula is C11H22O. The Hall–Kier alpha value is -0.720. The Morgan fingerprint density at radius 2 is 1.33 bits per heavy atom. The van der Waals surface area contributed by atoms with Gasteiger partial charge in [0, 0.05) is 0 Å². The molecule has 0 radical (unpaired) electrons. The molecule has 0 aromatic carbocycles. The minimum atomic E-state index is 1.00. The smallest absolute Gasteiger partial charge is 0.103 e. The van der Waals surface area contributed by atoms with Crippen molar-refractivity contribution >= 4 is 0 Å². The van der Waals surface area contributed by atoms with Crippen LogP contribution in [0.4, 0.5) is 0 Å². The van der Waals surface area contributed by atoms with Crippen molar-refractivity contribution in [3.8, 4) is 0 Å². The zero-order valence-electron chi connectivity index (χ0n) is 9.49. The van der Waals surface area contributed by atoms with Crippen LogP contribution in [0.3, 0.4) is 0 Å². The monoisotopic (exact) mass is 170 g/mol. The summed E-state index contributed by atoms with van der Waals surface area (Å²) in [5.74, 6) is 2.03. The molecule has 0 spiro atoms. The second kappa shape index (κ2) is 8.38. The van der Waals surface area contributed by atoms with Gasteiger partial charge in [-0.2, -0.15) is 0 Å². The van der Waals surface area contributed by atoms with Gasteiger partial charge in [-0.05, 0) is 32.4 Å². The summed E-state index contributed by atoms with van der Waals surface area (Å²) in [6, 6.07) is 2.04. The molecule has 72 valence electrons. The van der Waals surface area contributed by atoms with Crippen LogP contribution < -0.4 is 0 Å². The molecule has 1 rings (SSSR count). The SMILES string of the molecule is CC.CC.Cc1cc(C)c(C)o1. The van der Waals surface area contributed by atoms with Crippen LogP contribution in [0.2, 0.25) is 0 Å². The highest BCUT2D eigenvalue weighted by Crippen LogP contribution is 2.10. The first-order valence-corrected chi connectivity index (χ1v) is 4.74. The zero-order chi connectivity index (χ0) is 10.1. The molecule has 0 aliphatic carbocycles. The van der Waals surface area contributed by atoms with Crippen LogP contribution in [0.5, 0.6) is 0 Å². The van der Waals surface area contributed by atoms with Gasteiger partial charge in [0.1, 0.15) is 11.5 Å². The Balaban J connectivity index is 0. The lowest BCUT2D eigenvalue weighted by molar-refractivity contribution is 0.502. The number of hydrogen-bond acceptors (Lipinski definition) is 1. The molecule has 0 bridgehead atoms. The van der Waals surface area contributed by atoms with Crippen LogP contribution >= 0.6 is 0 Å². The van der Waals surface area contributed by atoms with Gasteiger partial charge >= 0.3 is 0 Å². The van der Waals surface area contributed by atoms with Crippen molar-refractivity contribution in [2.45, 2.75) is 48.5 Å². The normalized spacial score (nSPS) is 7.58. The summed E-state index contributed by atoms with van der Waals surface area (Å²) in [7, 11) is 0. The summed E-state index contributed by atoms with van der Waals surface area (Å²) in [6.07, 6.45) is 0. The molecule has 1 heteroatoms. The van der Waals surface area contributed by atoms with E-state index in [1.54, 1.807) is 0 Å². The van der Waals surface area contributed by atoms with E-state index in [1.807, 2.05) is 54.5 Å². The van der Waals surface area contributed by atoms with Crippen LogP contribution in [0.15, 0.2) is 10.5 Å². The first kappa shape index (κ1) is 13.8. The number of aryl methyl sites for hydroxylation is 3. The van der Waals surface area contributed by atoms with Gasteiger partial charge < -0.3 is 4.42 Å². The molecule has 0 saturated carbocycles. The molecule has 0 atom stereocenters. The number of furan rings is 1. The van der Waals surface area contributed by atoms with Gasteiger partial charge in [0.25, 0.3) is 0 Å². The first-order chi connectivity index (χ1) is 5.70. The molecule has 1 heterocycles. The predicted octanol–water partition coefficient (Wildman–Crippen LogP) is 4.26. The molecule has 0 fully saturated rings. The maximum Gasteiger partial charge on any atom is 0.103 e. The summed E-state index contributed by atoms with van der Waals surface area (Å²) in [5, 5.41) is 0. The number of rotatable bonds is 0. The molecule has 0 aliphatic rings. The van der Waals surface area contributed by atoms with E-state index < -0.39 is 0 Å². The second-order valence-electron chi connectivity index (χ2n) is 2.10. The Morgan fingerprint density at radius 1 is 0.917 bits per heavy atom. The molecule has 12 heavy (non-hydrogen) atoms. The van der Waals surface area contributed by atoms with Crippen molar-refractivity contribution in [1.29, 1.82) is 0 Å². The number of hydrogen-bond donors (Lipinski definition) is 0. The van der Waals surface area contributed by atoms with Gasteiger partial charge in [-0.3, -0.25) is 0 Å². The third-order valence-electron chi connectivity index (χ3n) is 1.29. The van der Waals surface area contributed by atoms with E-state index in [0.717, 1.165) is 11.5 Å². The van der Waals surface area contributed by atoms with E-state index in [-0.39, 0.29) is 0 Å². The molecule has 0 saturated heterocycles. The summed E-state index contributed by atoms with van der Waals surface area (Å²) < 4.78 is 5.21. The molecule has 0 unspecified atom stereocenters. The lowest BCUT2D eigenvalue weighted by atomic mass is 10.3. The van der Waals surface area contributed by atoms with Gasteiger partial charge in [0.05, 0.1) is 0 Å². The van der Waals surface area contributed by atoms with Crippen LogP contribution in [0.25, 0.3) is 0 Å². The lowest BCUT2D eigenvalue weighted by Crippen LogP contribution is -1.63. The van der Waals surface area contributed by atoms with E-state index in [0.29, 0.717) is 0 Å². The van der Waals surface area contributed by atoms with E-state index in [9.17, 15) is 0 Å². The fourth-order valence-electron chi connectivity index (χ4n) is 0.758. The van der Waals surface area contributed by atoms with E-state index in [4.69, 9.17) is 4.42 Å². The van der Waals surface area contributed by atoms with Crippen LogP contribution in [-0.2, 0) is 0 Å². The fraction of sp³-hybridized carbons (Fsp3) is 0.636. The van der Waals surface area contributed by atoms with Crippen molar-refractivity contribution in [1.82, 2.24) is 0 Å². The van der Waals surface area contributed by atoms with E-state index in [2.05, 4.69) is 0 Å². The minimum absolute atomic E-state index is 1.00. The fourth-order valence-corrected chi connectivity index (χ4v) is 0.758. The molecule has 1 aromatic heterocycles. The van der Waals surface area contributed by atoms with Gasteiger partial charge in [-0.1, -0.05) is 27.7 Å². The average Bonchev–Trinajstić information content (AvgIpc) is 2.37. The minimum Gasteiger partial charge on any atom is -0.466 e. The maximum atomic E-state index is 5.21. The highest BCUT2D eigenvalue weighted by molar-refractivity contribution is 5.17. The first-order valence-electron chi connectivity index (χ1n) is 4.74. The third kappa shape index (κ3) is 5.00. The van der Waals surface area contributed by atoms with Crippen LogP contribution in [0.1, 0.15) is 44.8 Å². The van der Waals surface area contributed by atoms with Gasteiger partial charge in [-0.15, -0.1) is 0 Å². The van der Waals surface area contributed by atoms with Gasteiger partial charge in [0.2, 0.25) is 0 Å². The summed E-state index contributed by atoms with van der Waals surface area (Å²) in [4.78, 5) is 0. The molecule has 1 aromatic rings. The largest absolute Gasteiger partial charge is 0.466 e. The topological polar surface area (TPSA) is 13.1 Å². The van der Waals surface area contributed by atoms with E-state index in [1.165, 1.54) is 5.56 Å². The standard InChI is InChI=1S/C7H10O.2C2H6/c1-5-4-6(2)8-7(5)3;2*1-2/h4H,1-3H3;2*1-2H3. The highest BCUT2D eigenvalue weighted by Gasteiger charge is 1.95. The Bertz CT molecular complexity index is 167. The van der Waals surface area contributed by atoms with Crippen LogP contribution in [-0.4, -0.2) is 0 Å². The van der Waals surface area contributed by atoms with Crippen molar-refractivity contribution in [3.05, 3.63) is 23.2 Å². The van der Waals surface area contributed by atoms with Crippen molar-refractivity contribution < 1.29 is 4.42 Å². The summed E-state index contributed by atoms with van der Waals surface area (Å²) in [6.45, 7) is 14.0. The second-order valence-corrected chi connectivity index (χ2v) is 2.10. The van der Waals surface area contributed by atoms with E-state index >= 15 is 0 Å². The molecule has 1 nitrogen and oxygen atoms in total. The highest BCUT2D eigenvalue weighted by atomic mass is 16.3. The average molecular weight is 170 g/mol. The maximum absolute atomic E-state index is 5.21. The Morgan fingerprint density at radius 3 is 1.42 bits per heavy atom. The predicted molar refractivity (Wildman–Crippen MR) is 55.6 cm³/mol. The summed E-state index contributed by atoms with van der Waals surface area (Å²) in [5.41, 5.74) is 1.24. The quantitative estimate of drug-likeness (QED) is 0.567.